The molecule has 1 aromatic heterocycles. The van der Waals surface area contributed by atoms with Crippen molar-refractivity contribution in [1.82, 2.24) is 19.7 Å². The molecule has 3 fully saturated rings. The number of aliphatic hydroxyl groups is 1. The van der Waals surface area contributed by atoms with E-state index in [1.54, 1.807) is 9.80 Å². The summed E-state index contributed by atoms with van der Waals surface area (Å²) in [5.74, 6) is -0.763. The molecule has 0 aliphatic carbocycles. The van der Waals surface area contributed by atoms with E-state index < -0.39 is 23.5 Å². The van der Waals surface area contributed by atoms with E-state index in [0.29, 0.717) is 12.3 Å². The zero-order valence-corrected chi connectivity index (χ0v) is 29.3. The van der Waals surface area contributed by atoms with Gasteiger partial charge in [0.25, 0.3) is 0 Å². The van der Waals surface area contributed by atoms with Gasteiger partial charge in [-0.15, -0.1) is 12.4 Å². The SMILES string of the molecule is CC(C)N1C(=O)N(c2ccc(N3CCN(c4ccc(OC[C@H]5OC[C@](Cn6cncn6)(c6ccc(F)cc6F)O5)cc4)CC3)cc2)CC1CO.Cl. The summed E-state index contributed by atoms with van der Waals surface area (Å²) in [6.07, 6.45) is 2.10. The molecule has 15 heteroatoms. The maximum atomic E-state index is 14.9. The minimum Gasteiger partial charge on any atom is -0.488 e. The Labute approximate surface area is 301 Å². The highest BCUT2D eigenvalue weighted by Gasteiger charge is 2.46. The lowest BCUT2D eigenvalue weighted by Gasteiger charge is -2.37. The molecule has 0 spiro atoms. The number of benzene rings is 3. The van der Waals surface area contributed by atoms with Crippen molar-refractivity contribution in [2.75, 3.05) is 67.2 Å². The summed E-state index contributed by atoms with van der Waals surface area (Å²) in [6, 6.07) is 19.1. The summed E-state index contributed by atoms with van der Waals surface area (Å²) in [5.41, 5.74) is 1.96. The fourth-order valence-electron chi connectivity index (χ4n) is 7.03. The molecule has 7 rings (SSSR count). The Bertz CT molecular complexity index is 1760. The summed E-state index contributed by atoms with van der Waals surface area (Å²) in [6.45, 7) is 7.94. The highest BCUT2D eigenvalue weighted by atomic mass is 35.5. The van der Waals surface area contributed by atoms with E-state index in [4.69, 9.17) is 14.2 Å². The van der Waals surface area contributed by atoms with E-state index in [1.165, 1.54) is 29.5 Å². The number of carbonyl (C=O) groups excluding carboxylic acids is 1. The van der Waals surface area contributed by atoms with E-state index in [-0.39, 0.29) is 62.5 Å². The Morgan fingerprint density at radius 1 is 0.961 bits per heavy atom. The van der Waals surface area contributed by atoms with Crippen molar-refractivity contribution in [2.45, 2.75) is 44.4 Å². The molecule has 0 radical (unpaired) electrons. The zero-order valence-electron chi connectivity index (χ0n) is 28.5. The van der Waals surface area contributed by atoms with Crippen molar-refractivity contribution in [2.24, 2.45) is 0 Å². The average molecular weight is 726 g/mol. The highest BCUT2D eigenvalue weighted by Crippen LogP contribution is 2.37. The number of carbonyl (C=O) groups is 1. The van der Waals surface area contributed by atoms with Crippen LogP contribution in [0.4, 0.5) is 30.6 Å². The molecule has 0 saturated carbocycles. The van der Waals surface area contributed by atoms with Crippen LogP contribution in [0.15, 0.2) is 79.4 Å². The number of piperazine rings is 1. The molecule has 4 aromatic rings. The lowest BCUT2D eigenvalue weighted by atomic mass is 9.94. The maximum absolute atomic E-state index is 14.9. The highest BCUT2D eigenvalue weighted by molar-refractivity contribution is 5.95. The second-order valence-corrected chi connectivity index (χ2v) is 13.1. The predicted molar refractivity (Wildman–Crippen MR) is 190 cm³/mol. The summed E-state index contributed by atoms with van der Waals surface area (Å²) in [7, 11) is 0. The van der Waals surface area contributed by atoms with E-state index >= 15 is 0 Å². The van der Waals surface area contributed by atoms with Crippen LogP contribution in [0.25, 0.3) is 0 Å². The molecule has 12 nitrogen and oxygen atoms in total. The predicted octanol–water partition coefficient (Wildman–Crippen LogP) is 4.66. The van der Waals surface area contributed by atoms with Crippen LogP contribution in [0.2, 0.25) is 0 Å². The summed E-state index contributed by atoms with van der Waals surface area (Å²) < 4.78 is 48.2. The molecule has 1 unspecified atom stereocenters. The molecule has 3 aromatic carbocycles. The van der Waals surface area contributed by atoms with Crippen molar-refractivity contribution < 1.29 is 32.9 Å². The van der Waals surface area contributed by atoms with Gasteiger partial charge in [-0.25, -0.2) is 23.2 Å². The van der Waals surface area contributed by atoms with Crippen LogP contribution in [-0.4, -0.2) is 102 Å². The van der Waals surface area contributed by atoms with E-state index in [0.717, 1.165) is 49.3 Å². The van der Waals surface area contributed by atoms with Gasteiger partial charge in [0, 0.05) is 60.9 Å². The van der Waals surface area contributed by atoms with Gasteiger partial charge in [-0.3, -0.25) is 4.90 Å². The number of anilines is 3. The first-order valence-corrected chi connectivity index (χ1v) is 16.8. The van der Waals surface area contributed by atoms with Crippen LogP contribution in [0, 0.1) is 11.6 Å². The largest absolute Gasteiger partial charge is 0.488 e. The zero-order chi connectivity index (χ0) is 34.8. The van der Waals surface area contributed by atoms with Crippen LogP contribution in [0.3, 0.4) is 0 Å². The first kappa shape index (κ1) is 36.3. The Balaban J connectivity index is 0.00000448. The van der Waals surface area contributed by atoms with Gasteiger partial charge < -0.3 is 34.0 Å². The molecule has 4 heterocycles. The molecular weight excluding hydrogens is 684 g/mol. The number of aromatic nitrogens is 3. The van der Waals surface area contributed by atoms with Crippen molar-refractivity contribution in [1.29, 1.82) is 0 Å². The number of aliphatic hydroxyl groups excluding tert-OH is 1. The first-order chi connectivity index (χ1) is 24.2. The van der Waals surface area contributed by atoms with Gasteiger partial charge in [0.05, 0.1) is 32.3 Å². The van der Waals surface area contributed by atoms with Crippen molar-refractivity contribution >= 4 is 35.5 Å². The van der Waals surface area contributed by atoms with Gasteiger partial charge >= 0.3 is 6.03 Å². The van der Waals surface area contributed by atoms with Crippen LogP contribution in [-0.2, 0) is 21.6 Å². The number of nitrogens with zero attached hydrogens (tertiary/aromatic N) is 7. The average Bonchev–Trinajstić information content (AvgIpc) is 3.87. The summed E-state index contributed by atoms with van der Waals surface area (Å²) in [4.78, 5) is 25.1. The fraction of sp³-hybridized carbons (Fsp3) is 0.417. The molecule has 3 saturated heterocycles. The quantitative estimate of drug-likeness (QED) is 0.236. The first-order valence-electron chi connectivity index (χ1n) is 16.8. The number of rotatable bonds is 11. The standard InChI is InChI=1S/C36H41F2N7O5.ClH/c1-25(2)45-30(19-46)18-44(35(45)47)29-6-4-27(5-7-29)41-13-15-42(16-14-41)28-8-10-31(11-9-28)48-20-34-49-22-36(50-34,21-43-24-39-23-40-43)32-12-3-26(37)17-33(32)38;/h3-12,17,23-25,30,34,46H,13-16,18-22H2,1-2H3;1H/t30?,34-,36+;/m0./s1. The molecular formula is C36H42ClF2N7O5. The maximum Gasteiger partial charge on any atom is 0.325 e. The van der Waals surface area contributed by atoms with Crippen LogP contribution in [0.5, 0.6) is 5.75 Å². The monoisotopic (exact) mass is 725 g/mol. The van der Waals surface area contributed by atoms with Crippen LogP contribution >= 0.6 is 12.4 Å². The molecule has 3 atom stereocenters. The number of halogens is 3. The van der Waals surface area contributed by atoms with E-state index in [1.807, 2.05) is 50.2 Å². The third kappa shape index (κ3) is 7.59. The van der Waals surface area contributed by atoms with Crippen molar-refractivity contribution in [3.05, 3.63) is 96.6 Å². The smallest absolute Gasteiger partial charge is 0.325 e. The minimum atomic E-state index is -1.24. The number of amides is 2. The Morgan fingerprint density at radius 2 is 1.61 bits per heavy atom. The summed E-state index contributed by atoms with van der Waals surface area (Å²) in [5, 5.41) is 13.9. The lowest BCUT2D eigenvalue weighted by Crippen LogP contribution is -2.46. The van der Waals surface area contributed by atoms with Gasteiger partial charge in [0.1, 0.15) is 42.2 Å². The van der Waals surface area contributed by atoms with Gasteiger partial charge in [-0.05, 0) is 68.4 Å². The number of ether oxygens (including phenoxy) is 3. The molecule has 2 amide bonds. The summed E-state index contributed by atoms with van der Waals surface area (Å²) >= 11 is 0. The van der Waals surface area contributed by atoms with E-state index in [9.17, 15) is 18.7 Å². The van der Waals surface area contributed by atoms with Crippen molar-refractivity contribution in [3.8, 4) is 5.75 Å². The number of hydrogen-bond donors (Lipinski definition) is 1. The number of hydrogen-bond acceptors (Lipinski definition) is 9. The normalized spacial score (nSPS) is 22.2. The Morgan fingerprint density at radius 3 is 2.18 bits per heavy atom. The molecule has 1 N–H and O–H groups in total. The van der Waals surface area contributed by atoms with Gasteiger partial charge in [0.2, 0.25) is 0 Å². The second kappa shape index (κ2) is 15.4. The molecule has 272 valence electrons. The Kier molecular flexibility index (Phi) is 11.0. The molecule has 51 heavy (non-hydrogen) atoms. The van der Waals surface area contributed by atoms with Crippen LogP contribution < -0.4 is 19.4 Å². The third-order valence-electron chi connectivity index (χ3n) is 9.57. The molecule has 3 aliphatic rings. The Hall–Kier alpha value is -4.50. The second-order valence-electron chi connectivity index (χ2n) is 13.1. The van der Waals surface area contributed by atoms with Gasteiger partial charge in [0.15, 0.2) is 6.29 Å². The fourth-order valence-corrected chi connectivity index (χ4v) is 7.03. The van der Waals surface area contributed by atoms with Gasteiger partial charge in [-0.1, -0.05) is 6.07 Å². The van der Waals surface area contributed by atoms with Crippen molar-refractivity contribution in [3.63, 3.8) is 0 Å². The lowest BCUT2D eigenvalue weighted by molar-refractivity contribution is -0.117. The molecule has 0 bridgehead atoms. The minimum absolute atomic E-state index is 0. The molecule has 3 aliphatic heterocycles. The number of urea groups is 1. The van der Waals surface area contributed by atoms with E-state index in [2.05, 4.69) is 32.0 Å². The topological polar surface area (TPSA) is 109 Å². The van der Waals surface area contributed by atoms with Crippen LogP contribution in [0.1, 0.15) is 19.4 Å². The third-order valence-corrected chi connectivity index (χ3v) is 9.57. The van der Waals surface area contributed by atoms with Gasteiger partial charge in [-0.2, -0.15) is 5.10 Å².